The van der Waals surface area contributed by atoms with E-state index in [0.717, 1.165) is 22.1 Å². The molecule has 0 unspecified atom stereocenters. The fourth-order valence-electron chi connectivity index (χ4n) is 2.14. The highest BCUT2D eigenvalue weighted by atomic mass is 32.2. The van der Waals surface area contributed by atoms with Crippen LogP contribution < -0.4 is 10.1 Å². The van der Waals surface area contributed by atoms with E-state index >= 15 is 0 Å². The lowest BCUT2D eigenvalue weighted by Gasteiger charge is -2.13. The Balaban J connectivity index is 1.88. The molecule has 0 aromatic carbocycles. The standard InChI is InChI=1S/C17H19N5O4S2/c1-10-13(3-2-4-18-10)26-14-7-11(27-6-5-23)8-19-16(14)21-17-20-15(22-28-17)12(25)9-24/h2-4,7-8,12,23-25H,5-6,9H2,1H3,(H,19,20,21,22)/t12-/m1/s1. The molecule has 148 valence electrons. The molecule has 0 aliphatic carbocycles. The van der Waals surface area contributed by atoms with Crippen molar-refractivity contribution < 1.29 is 20.1 Å². The number of hydrogen-bond donors (Lipinski definition) is 4. The first-order valence-electron chi connectivity index (χ1n) is 8.33. The molecule has 9 nitrogen and oxygen atoms in total. The summed E-state index contributed by atoms with van der Waals surface area (Å²) in [6.07, 6.45) is 2.21. The topological polar surface area (TPSA) is 134 Å². The summed E-state index contributed by atoms with van der Waals surface area (Å²) in [5.41, 5.74) is 0.728. The number of nitrogens with one attached hydrogen (secondary N) is 1. The number of aromatic nitrogens is 4. The first kappa shape index (κ1) is 20.4. The minimum absolute atomic E-state index is 0.0588. The smallest absolute Gasteiger partial charge is 0.208 e. The highest BCUT2D eigenvalue weighted by Crippen LogP contribution is 2.34. The Labute approximate surface area is 169 Å². The van der Waals surface area contributed by atoms with Crippen LogP contribution in [0.5, 0.6) is 11.5 Å². The molecular weight excluding hydrogens is 402 g/mol. The van der Waals surface area contributed by atoms with Crippen LogP contribution in [0.1, 0.15) is 17.6 Å². The molecule has 4 N–H and O–H groups in total. The minimum atomic E-state index is -1.13. The highest BCUT2D eigenvalue weighted by molar-refractivity contribution is 7.99. The number of hydrogen-bond acceptors (Lipinski definition) is 11. The van der Waals surface area contributed by atoms with E-state index in [0.29, 0.717) is 28.2 Å². The predicted octanol–water partition coefficient (Wildman–Crippen LogP) is 2.28. The average molecular weight is 422 g/mol. The summed E-state index contributed by atoms with van der Waals surface area (Å²) in [6, 6.07) is 5.40. The van der Waals surface area contributed by atoms with Crippen molar-refractivity contribution in [3.8, 4) is 11.5 Å². The second-order valence-corrected chi connectivity index (χ2v) is 7.48. The van der Waals surface area contributed by atoms with Gasteiger partial charge in [0.1, 0.15) is 11.9 Å². The molecule has 3 aromatic heterocycles. The van der Waals surface area contributed by atoms with Crippen molar-refractivity contribution in [2.45, 2.75) is 17.9 Å². The second kappa shape index (κ2) is 9.75. The van der Waals surface area contributed by atoms with E-state index in [4.69, 9.17) is 14.9 Å². The number of pyridine rings is 2. The number of aliphatic hydroxyl groups is 3. The maximum Gasteiger partial charge on any atom is 0.208 e. The van der Waals surface area contributed by atoms with Gasteiger partial charge in [-0.15, -0.1) is 11.8 Å². The van der Waals surface area contributed by atoms with Crippen molar-refractivity contribution in [2.75, 3.05) is 24.3 Å². The molecule has 0 aliphatic heterocycles. The van der Waals surface area contributed by atoms with E-state index in [1.807, 2.05) is 13.0 Å². The quantitative estimate of drug-likeness (QED) is 0.381. The van der Waals surface area contributed by atoms with Crippen LogP contribution in [0.25, 0.3) is 0 Å². The van der Waals surface area contributed by atoms with Crippen LogP contribution in [0.2, 0.25) is 0 Å². The molecule has 3 heterocycles. The molecule has 0 fully saturated rings. The zero-order chi connectivity index (χ0) is 19.9. The summed E-state index contributed by atoms with van der Waals surface area (Å²) in [5.74, 6) is 2.14. The Morgan fingerprint density at radius 3 is 2.89 bits per heavy atom. The molecule has 0 amide bonds. The maximum absolute atomic E-state index is 9.64. The van der Waals surface area contributed by atoms with E-state index in [1.165, 1.54) is 11.8 Å². The number of thioether (sulfide) groups is 1. The van der Waals surface area contributed by atoms with Gasteiger partial charge < -0.3 is 25.4 Å². The SMILES string of the molecule is Cc1ncccc1Oc1cc(SCCO)cnc1Nc1nc([C@H](O)CO)ns1. The van der Waals surface area contributed by atoms with Crippen molar-refractivity contribution in [1.82, 2.24) is 19.3 Å². The van der Waals surface area contributed by atoms with E-state index in [-0.39, 0.29) is 12.4 Å². The predicted molar refractivity (Wildman–Crippen MR) is 106 cm³/mol. The normalized spacial score (nSPS) is 12.0. The lowest BCUT2D eigenvalue weighted by atomic mass is 10.3. The molecule has 11 heteroatoms. The van der Waals surface area contributed by atoms with Crippen LogP contribution >= 0.6 is 23.3 Å². The molecule has 3 rings (SSSR count). The van der Waals surface area contributed by atoms with Gasteiger partial charge in [-0.05, 0) is 25.1 Å². The van der Waals surface area contributed by atoms with Crippen molar-refractivity contribution in [3.05, 3.63) is 42.1 Å². The third-order valence-electron chi connectivity index (χ3n) is 3.50. The number of aliphatic hydroxyl groups excluding tert-OH is 3. The van der Waals surface area contributed by atoms with Gasteiger partial charge in [-0.25, -0.2) is 9.97 Å². The van der Waals surface area contributed by atoms with Gasteiger partial charge in [0.2, 0.25) is 5.13 Å². The van der Waals surface area contributed by atoms with Crippen LogP contribution in [-0.4, -0.2) is 53.6 Å². The molecule has 28 heavy (non-hydrogen) atoms. The molecule has 0 saturated heterocycles. The number of anilines is 2. The van der Waals surface area contributed by atoms with E-state index in [9.17, 15) is 5.11 Å². The second-order valence-electron chi connectivity index (χ2n) is 5.56. The van der Waals surface area contributed by atoms with E-state index in [1.54, 1.807) is 24.5 Å². The van der Waals surface area contributed by atoms with Crippen molar-refractivity contribution in [1.29, 1.82) is 0 Å². The molecule has 3 aromatic rings. The van der Waals surface area contributed by atoms with E-state index in [2.05, 4.69) is 24.6 Å². The van der Waals surface area contributed by atoms with Crippen LogP contribution in [0.3, 0.4) is 0 Å². The summed E-state index contributed by atoms with van der Waals surface area (Å²) in [6.45, 7) is 1.44. The monoisotopic (exact) mass is 421 g/mol. The summed E-state index contributed by atoms with van der Waals surface area (Å²) < 4.78 is 10.0. The van der Waals surface area contributed by atoms with Gasteiger partial charge in [-0.3, -0.25) is 4.98 Å². The Hall–Kier alpha value is -2.31. The fourth-order valence-corrected chi connectivity index (χ4v) is 3.40. The third-order valence-corrected chi connectivity index (χ3v) is 5.09. The maximum atomic E-state index is 9.64. The Kier molecular flexibility index (Phi) is 7.12. The van der Waals surface area contributed by atoms with Crippen LogP contribution in [0, 0.1) is 6.92 Å². The lowest BCUT2D eigenvalue weighted by Crippen LogP contribution is -2.04. The first-order valence-corrected chi connectivity index (χ1v) is 10.1. The number of nitrogens with zero attached hydrogens (tertiary/aromatic N) is 4. The Morgan fingerprint density at radius 2 is 2.14 bits per heavy atom. The van der Waals surface area contributed by atoms with Crippen molar-refractivity contribution in [2.24, 2.45) is 0 Å². The molecule has 0 spiro atoms. The Morgan fingerprint density at radius 1 is 1.29 bits per heavy atom. The third kappa shape index (κ3) is 5.14. The zero-order valence-corrected chi connectivity index (χ0v) is 16.6. The van der Waals surface area contributed by atoms with Gasteiger partial charge in [-0.2, -0.15) is 4.37 Å². The van der Waals surface area contributed by atoms with Crippen molar-refractivity contribution >= 4 is 34.2 Å². The van der Waals surface area contributed by atoms with Crippen LogP contribution in [0.4, 0.5) is 10.9 Å². The number of rotatable bonds is 9. The van der Waals surface area contributed by atoms with Gasteiger partial charge in [0, 0.05) is 34.6 Å². The molecular formula is C17H19N5O4S2. The summed E-state index contributed by atoms with van der Waals surface area (Å²) in [7, 11) is 0. The summed E-state index contributed by atoms with van der Waals surface area (Å²) in [4.78, 5) is 13.6. The van der Waals surface area contributed by atoms with Crippen molar-refractivity contribution in [3.63, 3.8) is 0 Å². The van der Waals surface area contributed by atoms with Gasteiger partial charge >= 0.3 is 0 Å². The summed E-state index contributed by atoms with van der Waals surface area (Å²) in [5, 5.41) is 31.1. The largest absolute Gasteiger partial charge is 0.452 e. The lowest BCUT2D eigenvalue weighted by molar-refractivity contribution is 0.0897. The first-order chi connectivity index (χ1) is 13.6. The van der Waals surface area contributed by atoms with Gasteiger partial charge in [-0.1, -0.05) is 0 Å². The van der Waals surface area contributed by atoms with Gasteiger partial charge in [0.15, 0.2) is 17.4 Å². The molecule has 0 aliphatic rings. The average Bonchev–Trinajstić information content (AvgIpc) is 3.17. The minimum Gasteiger partial charge on any atom is -0.452 e. The van der Waals surface area contributed by atoms with Crippen LogP contribution in [-0.2, 0) is 0 Å². The summed E-state index contributed by atoms with van der Waals surface area (Å²) >= 11 is 2.49. The Bertz CT molecular complexity index is 924. The number of ether oxygens (including phenoxy) is 1. The van der Waals surface area contributed by atoms with Gasteiger partial charge in [0.05, 0.1) is 18.9 Å². The van der Waals surface area contributed by atoms with E-state index < -0.39 is 12.7 Å². The van der Waals surface area contributed by atoms with Crippen LogP contribution in [0.15, 0.2) is 35.5 Å². The molecule has 0 bridgehead atoms. The molecule has 1 atom stereocenters. The molecule has 0 saturated carbocycles. The zero-order valence-electron chi connectivity index (χ0n) is 14.9. The fraction of sp³-hybridized carbons (Fsp3) is 0.294. The molecule has 0 radical (unpaired) electrons. The highest BCUT2D eigenvalue weighted by Gasteiger charge is 2.16. The number of aryl methyl sites for hydroxylation is 1. The van der Waals surface area contributed by atoms with Gasteiger partial charge in [0.25, 0.3) is 0 Å².